The number of hydrogen-bond donors (Lipinski definition) is 2. The van der Waals surface area contributed by atoms with Gasteiger partial charge < -0.3 is 10.4 Å². The minimum atomic E-state index is -1.07. The smallest absolute Gasteiger partial charge is 0.336 e. The van der Waals surface area contributed by atoms with Crippen LogP contribution in [0, 0.1) is 0 Å². The van der Waals surface area contributed by atoms with E-state index in [1.54, 1.807) is 18.2 Å². The van der Waals surface area contributed by atoms with Crippen LogP contribution in [0.2, 0.25) is 0 Å². The number of carbonyl (C=O) groups is 2. The number of carboxylic acids is 1. The quantitative estimate of drug-likeness (QED) is 0.858. The van der Waals surface area contributed by atoms with Crippen LogP contribution < -0.4 is 5.32 Å². The Bertz CT molecular complexity index is 472. The van der Waals surface area contributed by atoms with Crippen LogP contribution in [0.4, 0.5) is 0 Å². The predicted octanol–water partition coefficient (Wildman–Crippen LogP) is 2.45. The van der Waals surface area contributed by atoms with Crippen molar-refractivity contribution in [2.45, 2.75) is 38.1 Å². The van der Waals surface area contributed by atoms with E-state index in [2.05, 4.69) is 5.32 Å². The fraction of sp³-hybridized carbons (Fsp3) is 0.429. The summed E-state index contributed by atoms with van der Waals surface area (Å²) in [5.41, 5.74) is 0.174. The third-order valence-electron chi connectivity index (χ3n) is 3.77. The SMILES string of the molecule is CCC1(NC(=O)c2ccccc2C(=O)O)CCC1. The maximum atomic E-state index is 12.2. The van der Waals surface area contributed by atoms with Gasteiger partial charge in [-0.05, 0) is 37.8 Å². The molecule has 1 aromatic carbocycles. The molecule has 0 unspecified atom stereocenters. The first-order chi connectivity index (χ1) is 8.58. The van der Waals surface area contributed by atoms with Gasteiger partial charge in [-0.2, -0.15) is 0 Å². The molecule has 1 saturated carbocycles. The summed E-state index contributed by atoms with van der Waals surface area (Å²) in [5, 5.41) is 12.1. The Hall–Kier alpha value is -1.84. The lowest BCUT2D eigenvalue weighted by molar-refractivity contribution is 0.0684. The molecule has 0 heterocycles. The van der Waals surface area contributed by atoms with E-state index in [0.29, 0.717) is 0 Å². The van der Waals surface area contributed by atoms with Gasteiger partial charge in [0.15, 0.2) is 0 Å². The van der Waals surface area contributed by atoms with Crippen LogP contribution in [0.25, 0.3) is 0 Å². The molecule has 2 rings (SSSR count). The van der Waals surface area contributed by atoms with Crippen LogP contribution in [0.1, 0.15) is 53.3 Å². The van der Waals surface area contributed by atoms with E-state index in [1.165, 1.54) is 6.07 Å². The van der Waals surface area contributed by atoms with Crippen molar-refractivity contribution < 1.29 is 14.7 Å². The van der Waals surface area contributed by atoms with Gasteiger partial charge in [-0.15, -0.1) is 0 Å². The normalized spacial score (nSPS) is 16.7. The van der Waals surface area contributed by atoms with Gasteiger partial charge >= 0.3 is 5.97 Å². The molecule has 1 fully saturated rings. The number of aromatic carboxylic acids is 1. The highest BCUT2D eigenvalue weighted by Gasteiger charge is 2.37. The Morgan fingerprint density at radius 3 is 2.33 bits per heavy atom. The van der Waals surface area contributed by atoms with Gasteiger partial charge in [0.25, 0.3) is 5.91 Å². The van der Waals surface area contributed by atoms with E-state index >= 15 is 0 Å². The monoisotopic (exact) mass is 247 g/mol. The molecule has 0 aliphatic heterocycles. The van der Waals surface area contributed by atoms with Crippen molar-refractivity contribution in [1.29, 1.82) is 0 Å². The minimum Gasteiger partial charge on any atom is -0.478 e. The fourth-order valence-corrected chi connectivity index (χ4v) is 2.35. The van der Waals surface area contributed by atoms with Crippen molar-refractivity contribution in [2.75, 3.05) is 0 Å². The lowest BCUT2D eigenvalue weighted by Gasteiger charge is -2.42. The third-order valence-corrected chi connectivity index (χ3v) is 3.77. The van der Waals surface area contributed by atoms with Crippen LogP contribution in [0.5, 0.6) is 0 Å². The zero-order chi connectivity index (χ0) is 13.2. The molecule has 4 heteroatoms. The van der Waals surface area contributed by atoms with Crippen LogP contribution in [0.3, 0.4) is 0 Å². The summed E-state index contributed by atoms with van der Waals surface area (Å²) in [6, 6.07) is 6.32. The summed E-state index contributed by atoms with van der Waals surface area (Å²) in [6.45, 7) is 2.04. The first-order valence-electron chi connectivity index (χ1n) is 6.23. The molecule has 0 aromatic heterocycles. The highest BCUT2D eigenvalue weighted by Crippen LogP contribution is 2.34. The predicted molar refractivity (Wildman–Crippen MR) is 67.7 cm³/mol. The molecule has 1 aliphatic rings. The zero-order valence-corrected chi connectivity index (χ0v) is 10.4. The highest BCUT2D eigenvalue weighted by molar-refractivity contribution is 6.05. The molecule has 0 saturated heterocycles. The van der Waals surface area contributed by atoms with Gasteiger partial charge in [0.05, 0.1) is 11.1 Å². The summed E-state index contributed by atoms with van der Waals surface area (Å²) >= 11 is 0. The molecule has 0 spiro atoms. The minimum absolute atomic E-state index is 0.0561. The molecule has 0 bridgehead atoms. The van der Waals surface area contributed by atoms with Gasteiger partial charge in [0, 0.05) is 5.54 Å². The zero-order valence-electron chi connectivity index (χ0n) is 10.4. The van der Waals surface area contributed by atoms with Crippen molar-refractivity contribution in [2.24, 2.45) is 0 Å². The number of benzene rings is 1. The van der Waals surface area contributed by atoms with E-state index in [1.807, 2.05) is 6.92 Å². The number of carboxylic acid groups (broad SMARTS) is 1. The molecule has 1 amide bonds. The van der Waals surface area contributed by atoms with Crippen LogP contribution in [-0.2, 0) is 0 Å². The number of carbonyl (C=O) groups excluding carboxylic acids is 1. The summed E-state index contributed by atoms with van der Waals surface area (Å²) in [7, 11) is 0. The Morgan fingerprint density at radius 2 is 1.89 bits per heavy atom. The summed E-state index contributed by atoms with van der Waals surface area (Å²) < 4.78 is 0. The lowest BCUT2D eigenvalue weighted by Crippen LogP contribution is -2.53. The fourth-order valence-electron chi connectivity index (χ4n) is 2.35. The van der Waals surface area contributed by atoms with Gasteiger partial charge in [-0.3, -0.25) is 4.79 Å². The summed E-state index contributed by atoms with van der Waals surface area (Å²) in [5.74, 6) is -1.35. The second-order valence-corrected chi connectivity index (χ2v) is 4.79. The van der Waals surface area contributed by atoms with Crippen molar-refractivity contribution in [3.63, 3.8) is 0 Å². The topological polar surface area (TPSA) is 66.4 Å². The summed E-state index contributed by atoms with van der Waals surface area (Å²) in [6.07, 6.45) is 3.96. The molecule has 1 aromatic rings. The van der Waals surface area contributed by atoms with Crippen LogP contribution in [-0.4, -0.2) is 22.5 Å². The van der Waals surface area contributed by atoms with E-state index < -0.39 is 5.97 Å². The molecule has 0 atom stereocenters. The molecule has 4 nitrogen and oxygen atoms in total. The molecular formula is C14H17NO3. The number of hydrogen-bond acceptors (Lipinski definition) is 2. The molecule has 1 aliphatic carbocycles. The second-order valence-electron chi connectivity index (χ2n) is 4.79. The average molecular weight is 247 g/mol. The highest BCUT2D eigenvalue weighted by atomic mass is 16.4. The Morgan fingerprint density at radius 1 is 1.28 bits per heavy atom. The molecule has 18 heavy (non-hydrogen) atoms. The van der Waals surface area contributed by atoms with Crippen molar-refractivity contribution in [1.82, 2.24) is 5.32 Å². The largest absolute Gasteiger partial charge is 0.478 e. The Kier molecular flexibility index (Phi) is 3.36. The third kappa shape index (κ3) is 2.23. The van der Waals surface area contributed by atoms with Gasteiger partial charge in [0.1, 0.15) is 0 Å². The van der Waals surface area contributed by atoms with E-state index in [-0.39, 0.29) is 22.6 Å². The van der Waals surface area contributed by atoms with Gasteiger partial charge in [0.2, 0.25) is 0 Å². The van der Waals surface area contributed by atoms with Gasteiger partial charge in [-0.25, -0.2) is 4.79 Å². The van der Waals surface area contributed by atoms with E-state index in [0.717, 1.165) is 25.7 Å². The van der Waals surface area contributed by atoms with Crippen molar-refractivity contribution in [3.05, 3.63) is 35.4 Å². The maximum Gasteiger partial charge on any atom is 0.336 e. The Balaban J connectivity index is 2.21. The maximum absolute atomic E-state index is 12.2. The lowest BCUT2D eigenvalue weighted by atomic mass is 9.74. The van der Waals surface area contributed by atoms with E-state index in [9.17, 15) is 9.59 Å². The number of rotatable bonds is 4. The van der Waals surface area contributed by atoms with Crippen molar-refractivity contribution in [3.8, 4) is 0 Å². The second kappa shape index (κ2) is 4.80. The standard InChI is InChI=1S/C14H17NO3/c1-2-14(8-5-9-14)15-12(16)10-6-3-4-7-11(10)13(17)18/h3-4,6-7H,2,5,8-9H2,1H3,(H,15,16)(H,17,18). The molecule has 0 radical (unpaired) electrons. The van der Waals surface area contributed by atoms with E-state index in [4.69, 9.17) is 5.11 Å². The van der Waals surface area contributed by atoms with Crippen molar-refractivity contribution >= 4 is 11.9 Å². The summed E-state index contributed by atoms with van der Waals surface area (Å²) in [4.78, 5) is 23.2. The number of amides is 1. The average Bonchev–Trinajstić information content (AvgIpc) is 2.33. The van der Waals surface area contributed by atoms with Gasteiger partial charge in [-0.1, -0.05) is 19.1 Å². The van der Waals surface area contributed by atoms with Crippen LogP contribution in [0.15, 0.2) is 24.3 Å². The Labute approximate surface area is 106 Å². The molecule has 2 N–H and O–H groups in total. The number of nitrogens with one attached hydrogen (secondary N) is 1. The molecular weight excluding hydrogens is 230 g/mol. The first-order valence-corrected chi connectivity index (χ1v) is 6.23. The first kappa shape index (κ1) is 12.6. The van der Waals surface area contributed by atoms with Crippen LogP contribution >= 0.6 is 0 Å². The molecule has 96 valence electrons.